The van der Waals surface area contributed by atoms with Gasteiger partial charge in [-0.1, -0.05) is 28.1 Å². The van der Waals surface area contributed by atoms with E-state index in [1.54, 1.807) is 42.6 Å². The smallest absolute Gasteiger partial charge is 0.352 e. The predicted molar refractivity (Wildman–Crippen MR) is 107 cm³/mol. The van der Waals surface area contributed by atoms with E-state index >= 15 is 0 Å². The van der Waals surface area contributed by atoms with Gasteiger partial charge in [-0.3, -0.25) is 4.79 Å². The van der Waals surface area contributed by atoms with Crippen LogP contribution in [0.25, 0.3) is 0 Å². The highest BCUT2D eigenvalue weighted by Crippen LogP contribution is 2.45. The zero-order valence-corrected chi connectivity index (χ0v) is 17.1. The highest BCUT2D eigenvalue weighted by molar-refractivity contribution is 9.10. The average molecular weight is 440 g/mol. The molecule has 0 saturated carbocycles. The minimum Gasteiger partial charge on any atom is -0.477 e. The van der Waals surface area contributed by atoms with Crippen molar-refractivity contribution in [2.75, 3.05) is 11.5 Å². The third-order valence-electron chi connectivity index (χ3n) is 4.22. The van der Waals surface area contributed by atoms with Gasteiger partial charge in [0.1, 0.15) is 5.69 Å². The lowest BCUT2D eigenvalue weighted by Gasteiger charge is -2.21. The summed E-state index contributed by atoms with van der Waals surface area (Å²) in [5.41, 5.74) is 3.45. The fourth-order valence-corrected chi connectivity index (χ4v) is 6.09. The second kappa shape index (κ2) is 7.60. The number of aryl methyl sites for hydroxylation is 1. The first-order valence-corrected chi connectivity index (χ1v) is 10.8. The molecule has 1 aliphatic rings. The van der Waals surface area contributed by atoms with Crippen LogP contribution < -0.4 is 0 Å². The fraction of sp³-hybridized carbons (Fsp3) is 0.333. The first kappa shape index (κ1) is 18.6. The number of carboxylic acid groups (broad SMARTS) is 1. The minimum atomic E-state index is -1.03. The minimum absolute atomic E-state index is 0.0633. The van der Waals surface area contributed by atoms with Crippen LogP contribution in [0.15, 0.2) is 22.7 Å². The fourth-order valence-electron chi connectivity index (χ4n) is 2.83. The van der Waals surface area contributed by atoms with E-state index in [4.69, 9.17) is 0 Å². The van der Waals surface area contributed by atoms with Crippen molar-refractivity contribution in [1.82, 2.24) is 4.98 Å². The number of carbonyl (C=O) groups is 2. The lowest BCUT2D eigenvalue weighted by atomic mass is 9.99. The van der Waals surface area contributed by atoms with Crippen LogP contribution >= 0.6 is 39.5 Å². The van der Waals surface area contributed by atoms with E-state index in [0.29, 0.717) is 16.7 Å². The van der Waals surface area contributed by atoms with E-state index in [1.807, 2.05) is 13.0 Å². The van der Waals surface area contributed by atoms with Crippen LogP contribution in [-0.2, 0) is 0 Å². The van der Waals surface area contributed by atoms with Crippen molar-refractivity contribution in [2.45, 2.75) is 24.9 Å². The van der Waals surface area contributed by atoms with Gasteiger partial charge in [-0.15, -0.1) is 23.5 Å². The SMILES string of the molecule is Cc1ccc(C(=O)c2c(C3SCCCS3)[nH]c(C(=O)O)c2C)cc1Br. The van der Waals surface area contributed by atoms with Crippen molar-refractivity contribution < 1.29 is 14.7 Å². The van der Waals surface area contributed by atoms with Gasteiger partial charge < -0.3 is 10.1 Å². The number of benzene rings is 1. The number of H-pyrrole nitrogens is 1. The summed E-state index contributed by atoms with van der Waals surface area (Å²) in [6.45, 7) is 3.67. The number of hydrogen-bond acceptors (Lipinski definition) is 4. The van der Waals surface area contributed by atoms with Crippen LogP contribution in [0, 0.1) is 13.8 Å². The molecule has 1 aromatic carbocycles. The summed E-state index contributed by atoms with van der Waals surface area (Å²) in [4.78, 5) is 27.8. The van der Waals surface area contributed by atoms with Gasteiger partial charge in [-0.05, 0) is 49.0 Å². The molecule has 0 aliphatic carbocycles. The van der Waals surface area contributed by atoms with Crippen molar-refractivity contribution in [3.63, 3.8) is 0 Å². The van der Waals surface area contributed by atoms with Crippen molar-refractivity contribution in [3.05, 3.63) is 56.3 Å². The molecule has 0 radical (unpaired) electrons. The lowest BCUT2D eigenvalue weighted by molar-refractivity contribution is 0.0690. The first-order chi connectivity index (χ1) is 11.9. The summed E-state index contributed by atoms with van der Waals surface area (Å²) in [6, 6.07) is 5.48. The van der Waals surface area contributed by atoms with E-state index in [9.17, 15) is 14.7 Å². The molecule has 4 nitrogen and oxygen atoms in total. The molecule has 0 bridgehead atoms. The number of ketones is 1. The topological polar surface area (TPSA) is 70.2 Å². The highest BCUT2D eigenvalue weighted by atomic mass is 79.9. The van der Waals surface area contributed by atoms with Gasteiger partial charge in [0.05, 0.1) is 10.3 Å². The molecule has 1 saturated heterocycles. The molecule has 7 heteroatoms. The molecule has 3 rings (SSSR count). The summed E-state index contributed by atoms with van der Waals surface area (Å²) >= 11 is 6.99. The molecule has 0 atom stereocenters. The van der Waals surface area contributed by atoms with Crippen molar-refractivity contribution in [2.24, 2.45) is 0 Å². The van der Waals surface area contributed by atoms with Crippen molar-refractivity contribution >= 4 is 51.2 Å². The van der Waals surface area contributed by atoms with E-state index in [1.165, 1.54) is 0 Å². The number of hydrogen-bond donors (Lipinski definition) is 2. The Labute approximate surface area is 163 Å². The predicted octanol–water partition coefficient (Wildman–Crippen LogP) is 5.19. The standard InChI is InChI=1S/C18H18BrNO3S2/c1-9-4-5-11(8-12(9)19)16(21)13-10(2)14(17(22)23)20-15(13)18-24-6-3-7-25-18/h4-5,8,18,20H,3,6-7H2,1-2H3,(H,22,23). The first-order valence-electron chi connectivity index (χ1n) is 7.90. The maximum atomic E-state index is 13.2. The number of aromatic nitrogens is 1. The Balaban J connectivity index is 2.10. The zero-order chi connectivity index (χ0) is 18.1. The van der Waals surface area contributed by atoms with Gasteiger partial charge >= 0.3 is 5.97 Å². The molecular weight excluding hydrogens is 422 g/mol. The number of carbonyl (C=O) groups excluding carboxylic acids is 1. The Morgan fingerprint density at radius 1 is 1.24 bits per heavy atom. The Kier molecular flexibility index (Phi) is 5.65. The molecule has 2 N–H and O–H groups in total. The lowest BCUT2D eigenvalue weighted by Crippen LogP contribution is -2.09. The monoisotopic (exact) mass is 439 g/mol. The number of rotatable bonds is 4. The molecular formula is C18H18BrNO3S2. The Bertz CT molecular complexity index is 841. The number of aromatic amines is 1. The van der Waals surface area contributed by atoms with Crippen LogP contribution in [0.2, 0.25) is 0 Å². The molecule has 132 valence electrons. The Hall–Kier alpha value is -1.18. The van der Waals surface area contributed by atoms with Crippen LogP contribution in [0.3, 0.4) is 0 Å². The number of aromatic carboxylic acids is 1. The third-order valence-corrected chi connectivity index (χ3v) is 8.01. The number of carboxylic acids is 1. The quantitative estimate of drug-likeness (QED) is 0.641. The van der Waals surface area contributed by atoms with Crippen LogP contribution in [-0.4, -0.2) is 33.3 Å². The molecule has 0 spiro atoms. The Morgan fingerprint density at radius 3 is 2.52 bits per heavy atom. The van der Waals surface area contributed by atoms with E-state index < -0.39 is 5.97 Å². The van der Waals surface area contributed by atoms with Crippen molar-refractivity contribution in [3.8, 4) is 0 Å². The number of halogens is 1. The maximum absolute atomic E-state index is 13.2. The summed E-state index contributed by atoms with van der Waals surface area (Å²) < 4.78 is 0.932. The van der Waals surface area contributed by atoms with Gasteiger partial charge in [0.2, 0.25) is 0 Å². The van der Waals surface area contributed by atoms with Crippen LogP contribution in [0.5, 0.6) is 0 Å². The molecule has 1 aromatic heterocycles. The molecule has 1 fully saturated rings. The summed E-state index contributed by atoms with van der Waals surface area (Å²) in [5.74, 6) is 0.862. The van der Waals surface area contributed by atoms with Gasteiger partial charge in [0.25, 0.3) is 0 Å². The van der Waals surface area contributed by atoms with Gasteiger partial charge in [0.15, 0.2) is 5.78 Å². The van der Waals surface area contributed by atoms with Gasteiger partial charge in [-0.25, -0.2) is 4.79 Å². The third kappa shape index (κ3) is 3.68. The van der Waals surface area contributed by atoms with Crippen LogP contribution in [0.1, 0.15) is 54.2 Å². The summed E-state index contributed by atoms with van der Waals surface area (Å²) in [7, 11) is 0. The molecule has 0 amide bonds. The number of thioether (sulfide) groups is 2. The zero-order valence-electron chi connectivity index (χ0n) is 13.9. The van der Waals surface area contributed by atoms with E-state index in [-0.39, 0.29) is 16.1 Å². The van der Waals surface area contributed by atoms with Gasteiger partial charge in [0, 0.05) is 15.6 Å². The largest absolute Gasteiger partial charge is 0.477 e. The van der Waals surface area contributed by atoms with Crippen molar-refractivity contribution in [1.29, 1.82) is 0 Å². The molecule has 2 aromatic rings. The highest BCUT2D eigenvalue weighted by Gasteiger charge is 2.30. The Morgan fingerprint density at radius 2 is 1.92 bits per heavy atom. The van der Waals surface area contributed by atoms with Crippen LogP contribution in [0.4, 0.5) is 0 Å². The molecule has 2 heterocycles. The van der Waals surface area contributed by atoms with Gasteiger partial charge in [-0.2, -0.15) is 0 Å². The second-order valence-corrected chi connectivity index (χ2v) is 9.52. The van der Waals surface area contributed by atoms with E-state index in [2.05, 4.69) is 20.9 Å². The molecule has 0 unspecified atom stereocenters. The second-order valence-electron chi connectivity index (χ2n) is 5.94. The molecule has 25 heavy (non-hydrogen) atoms. The molecule has 1 aliphatic heterocycles. The maximum Gasteiger partial charge on any atom is 0.352 e. The average Bonchev–Trinajstić information content (AvgIpc) is 2.95. The normalized spacial score (nSPS) is 15.3. The summed E-state index contributed by atoms with van der Waals surface area (Å²) in [5, 5.41) is 9.47. The van der Waals surface area contributed by atoms with E-state index in [0.717, 1.165) is 33.7 Å². The summed E-state index contributed by atoms with van der Waals surface area (Å²) in [6.07, 6.45) is 1.13. The number of nitrogens with one attached hydrogen (secondary N) is 1.